The maximum Gasteiger partial charge on any atom is 0.126 e. The van der Waals surface area contributed by atoms with E-state index in [1.54, 1.807) is 0 Å². The lowest BCUT2D eigenvalue weighted by molar-refractivity contribution is 0.641. The molecule has 0 aliphatic heterocycles. The molecular weight excluding hydrogens is 436 g/mol. The lowest BCUT2D eigenvalue weighted by atomic mass is 9.77. The lowest BCUT2D eigenvalue weighted by Gasteiger charge is -2.26. The van der Waals surface area contributed by atoms with E-state index in [1.165, 1.54) is 27.6 Å². The Kier molecular flexibility index (Phi) is 5.38. The van der Waals surface area contributed by atoms with E-state index in [9.17, 15) is 0 Å². The Balaban J connectivity index is 1.50. The van der Waals surface area contributed by atoms with Gasteiger partial charge in [0.05, 0.1) is 11.2 Å². The Bertz CT molecular complexity index is 1700. The van der Waals surface area contributed by atoms with Crippen molar-refractivity contribution >= 4 is 21.7 Å². The van der Waals surface area contributed by atoms with Gasteiger partial charge in [0.2, 0.25) is 0 Å². The molecule has 0 fully saturated rings. The van der Waals surface area contributed by atoms with Gasteiger partial charge in [0.1, 0.15) is 5.82 Å². The summed E-state index contributed by atoms with van der Waals surface area (Å²) in [4.78, 5) is 9.83. The van der Waals surface area contributed by atoms with Crippen molar-refractivity contribution in [1.29, 1.82) is 0 Å². The molecule has 0 aliphatic carbocycles. The van der Waals surface area contributed by atoms with Gasteiger partial charge in [-0.2, -0.15) is 0 Å². The molecule has 2 nitrogen and oxygen atoms in total. The Morgan fingerprint density at radius 3 is 1.97 bits per heavy atom. The summed E-state index contributed by atoms with van der Waals surface area (Å²) in [6.07, 6.45) is 0. The lowest BCUT2D eigenvalue weighted by Crippen LogP contribution is -2.18. The number of nitrogens with zero attached hydrogens (tertiary/aromatic N) is 2. The van der Waals surface area contributed by atoms with Gasteiger partial charge in [0, 0.05) is 21.8 Å². The molecule has 0 bridgehead atoms. The third-order valence-corrected chi connectivity index (χ3v) is 7.25. The topological polar surface area (TPSA) is 25.8 Å². The normalized spacial score (nSPS) is 11.8. The van der Waals surface area contributed by atoms with Crippen LogP contribution in [-0.4, -0.2) is 9.97 Å². The predicted octanol–water partition coefficient (Wildman–Crippen LogP) is 8.75. The molecule has 0 amide bonds. The highest BCUT2D eigenvalue weighted by Gasteiger charge is 2.23. The van der Waals surface area contributed by atoms with Crippen LogP contribution < -0.4 is 0 Å². The summed E-state index contributed by atoms with van der Waals surface area (Å²) >= 11 is 0. The molecule has 5 aromatic carbocycles. The third kappa shape index (κ3) is 3.85. The number of hydrogen-bond donors (Lipinski definition) is 0. The van der Waals surface area contributed by atoms with Crippen molar-refractivity contribution in [3.63, 3.8) is 0 Å². The first-order valence-electron chi connectivity index (χ1n) is 12.4. The number of rotatable bonds is 4. The van der Waals surface area contributed by atoms with E-state index in [0.717, 1.165) is 33.4 Å². The van der Waals surface area contributed by atoms with E-state index in [4.69, 9.17) is 9.97 Å². The van der Waals surface area contributed by atoms with Crippen LogP contribution >= 0.6 is 0 Å². The summed E-state index contributed by atoms with van der Waals surface area (Å²) in [6.45, 7) is 6.54. The second kappa shape index (κ2) is 8.73. The summed E-state index contributed by atoms with van der Waals surface area (Å²) in [7, 11) is 0. The molecule has 1 aromatic heterocycles. The number of hydrogen-bond acceptors (Lipinski definition) is 2. The van der Waals surface area contributed by atoms with E-state index in [1.807, 2.05) is 6.92 Å². The summed E-state index contributed by atoms with van der Waals surface area (Å²) in [5.41, 5.74) is 7.98. The van der Waals surface area contributed by atoms with Crippen molar-refractivity contribution in [1.82, 2.24) is 9.97 Å². The second-order valence-corrected chi connectivity index (χ2v) is 9.95. The van der Waals surface area contributed by atoms with Crippen LogP contribution in [0, 0.1) is 6.92 Å². The molecule has 174 valence electrons. The van der Waals surface area contributed by atoms with Gasteiger partial charge in [-0.25, -0.2) is 9.97 Å². The van der Waals surface area contributed by atoms with Crippen molar-refractivity contribution in [3.05, 3.63) is 132 Å². The van der Waals surface area contributed by atoms with Crippen LogP contribution in [0.1, 0.15) is 30.8 Å². The maximum atomic E-state index is 4.93. The zero-order chi connectivity index (χ0) is 24.7. The molecule has 1 heterocycles. The zero-order valence-electron chi connectivity index (χ0n) is 20.9. The van der Waals surface area contributed by atoms with Crippen molar-refractivity contribution in [3.8, 4) is 22.4 Å². The highest BCUT2D eigenvalue weighted by atomic mass is 14.9. The van der Waals surface area contributed by atoms with Gasteiger partial charge in [0.25, 0.3) is 0 Å². The van der Waals surface area contributed by atoms with Crippen molar-refractivity contribution in [2.75, 3.05) is 0 Å². The van der Waals surface area contributed by atoms with Gasteiger partial charge in [-0.15, -0.1) is 0 Å². The van der Waals surface area contributed by atoms with E-state index in [0.29, 0.717) is 0 Å². The monoisotopic (exact) mass is 464 g/mol. The molecular formula is C34H28N2. The highest BCUT2D eigenvalue weighted by Crippen LogP contribution is 2.36. The van der Waals surface area contributed by atoms with Crippen LogP contribution in [-0.2, 0) is 5.41 Å². The molecule has 0 unspecified atom stereocenters. The Labute approximate surface area is 212 Å². The van der Waals surface area contributed by atoms with Gasteiger partial charge < -0.3 is 0 Å². The largest absolute Gasteiger partial charge is 0.233 e. The van der Waals surface area contributed by atoms with E-state index in [-0.39, 0.29) is 5.41 Å². The van der Waals surface area contributed by atoms with Gasteiger partial charge in [-0.3, -0.25) is 0 Å². The van der Waals surface area contributed by atoms with Gasteiger partial charge >= 0.3 is 0 Å². The fourth-order valence-corrected chi connectivity index (χ4v) is 5.14. The van der Waals surface area contributed by atoms with Crippen LogP contribution in [0.5, 0.6) is 0 Å². The number of fused-ring (bicyclic) bond motifs is 3. The highest BCUT2D eigenvalue weighted by molar-refractivity contribution is 6.10. The molecule has 6 aromatic rings. The SMILES string of the molecule is Cc1nc(-c2cccc(C(C)(C)c3ccccc3)c2)c2ccc3cc(-c4ccccc4)ccc3c2n1. The average molecular weight is 465 g/mol. The molecule has 0 radical (unpaired) electrons. The number of aromatic nitrogens is 2. The molecule has 2 heteroatoms. The molecule has 6 rings (SSSR count). The average Bonchev–Trinajstić information content (AvgIpc) is 2.93. The summed E-state index contributed by atoms with van der Waals surface area (Å²) in [5, 5.41) is 3.42. The first-order valence-corrected chi connectivity index (χ1v) is 12.4. The molecule has 36 heavy (non-hydrogen) atoms. The Morgan fingerprint density at radius 2 is 1.19 bits per heavy atom. The van der Waals surface area contributed by atoms with Gasteiger partial charge in [-0.1, -0.05) is 111 Å². The number of benzene rings is 5. The summed E-state index contributed by atoms with van der Waals surface area (Å²) < 4.78 is 0. The molecule has 0 aliphatic rings. The fraction of sp³-hybridized carbons (Fsp3) is 0.118. The Morgan fingerprint density at radius 1 is 0.528 bits per heavy atom. The molecule has 0 saturated carbocycles. The predicted molar refractivity (Wildman–Crippen MR) is 151 cm³/mol. The van der Waals surface area contributed by atoms with Crippen LogP contribution in [0.2, 0.25) is 0 Å². The maximum absolute atomic E-state index is 4.93. The van der Waals surface area contributed by atoms with E-state index >= 15 is 0 Å². The van der Waals surface area contributed by atoms with Crippen LogP contribution in [0.15, 0.2) is 115 Å². The van der Waals surface area contributed by atoms with E-state index < -0.39 is 0 Å². The van der Waals surface area contributed by atoms with Crippen molar-refractivity contribution in [2.45, 2.75) is 26.2 Å². The van der Waals surface area contributed by atoms with Crippen LogP contribution in [0.3, 0.4) is 0 Å². The Hall–Kier alpha value is -4.30. The summed E-state index contributed by atoms with van der Waals surface area (Å²) in [6, 6.07) is 41.0. The van der Waals surface area contributed by atoms with Crippen LogP contribution in [0.4, 0.5) is 0 Å². The molecule has 0 N–H and O–H groups in total. The second-order valence-electron chi connectivity index (χ2n) is 9.95. The third-order valence-electron chi connectivity index (χ3n) is 7.25. The van der Waals surface area contributed by atoms with Crippen molar-refractivity contribution < 1.29 is 0 Å². The van der Waals surface area contributed by atoms with Gasteiger partial charge in [0.15, 0.2) is 0 Å². The molecule has 0 atom stereocenters. The first kappa shape index (κ1) is 22.2. The standard InChI is InChI=1S/C34H28N2/c1-23-35-32(27-13-10-16-29(22-27)34(2,3)28-14-8-5-9-15-28)31-20-18-26-21-25(24-11-6-4-7-12-24)17-19-30(26)33(31)36-23/h4-22H,1-3H3. The minimum Gasteiger partial charge on any atom is -0.233 e. The zero-order valence-corrected chi connectivity index (χ0v) is 20.9. The van der Waals surface area contributed by atoms with Crippen molar-refractivity contribution in [2.24, 2.45) is 0 Å². The number of aryl methyl sites for hydroxylation is 1. The molecule has 0 saturated heterocycles. The first-order chi connectivity index (χ1) is 17.5. The van der Waals surface area contributed by atoms with E-state index in [2.05, 4.69) is 129 Å². The van der Waals surface area contributed by atoms with Crippen LogP contribution in [0.25, 0.3) is 44.1 Å². The summed E-state index contributed by atoms with van der Waals surface area (Å²) in [5.74, 6) is 0.782. The molecule has 0 spiro atoms. The quantitative estimate of drug-likeness (QED) is 0.244. The minimum absolute atomic E-state index is 0.115. The fourth-order valence-electron chi connectivity index (χ4n) is 5.14. The minimum atomic E-state index is -0.115. The smallest absolute Gasteiger partial charge is 0.126 e. The van der Waals surface area contributed by atoms with Gasteiger partial charge in [-0.05, 0) is 52.8 Å².